The molecule has 2 N–H and O–H groups in total. The summed E-state index contributed by atoms with van der Waals surface area (Å²) in [7, 11) is 0. The van der Waals surface area contributed by atoms with Crippen molar-refractivity contribution in [3.8, 4) is 0 Å². The Bertz CT molecular complexity index is 1170. The van der Waals surface area contributed by atoms with Crippen LogP contribution in [0.3, 0.4) is 0 Å². The van der Waals surface area contributed by atoms with Crippen LogP contribution in [0.2, 0.25) is 0 Å². The molecule has 0 bridgehead atoms. The van der Waals surface area contributed by atoms with Gasteiger partial charge in [-0.2, -0.15) is 0 Å². The molecule has 2 aromatic carbocycles. The second-order valence-electron chi connectivity index (χ2n) is 8.65. The van der Waals surface area contributed by atoms with E-state index in [1.54, 1.807) is 17.5 Å². The summed E-state index contributed by atoms with van der Waals surface area (Å²) in [5.74, 6) is -1.59. The summed E-state index contributed by atoms with van der Waals surface area (Å²) < 4.78 is 13.7. The van der Waals surface area contributed by atoms with E-state index < -0.39 is 17.8 Å². The van der Waals surface area contributed by atoms with Crippen LogP contribution in [0.15, 0.2) is 66.0 Å². The highest BCUT2D eigenvalue weighted by molar-refractivity contribution is 7.12. The van der Waals surface area contributed by atoms with Crippen LogP contribution in [-0.4, -0.2) is 30.3 Å². The Kier molecular flexibility index (Phi) is 7.92. The van der Waals surface area contributed by atoms with Crippen LogP contribution in [-0.2, 0) is 9.59 Å². The Morgan fingerprint density at radius 3 is 2.40 bits per heavy atom. The summed E-state index contributed by atoms with van der Waals surface area (Å²) >= 11 is 1.27. The first-order valence-corrected chi connectivity index (χ1v) is 12.6. The first kappa shape index (κ1) is 24.6. The molecule has 1 saturated carbocycles. The fraction of sp³-hybridized carbons (Fsp3) is 0.296. The number of carbonyl (C=O) groups excluding carboxylic acids is 3. The van der Waals surface area contributed by atoms with Gasteiger partial charge in [0.05, 0.1) is 11.4 Å². The molecule has 3 amide bonds. The van der Waals surface area contributed by atoms with E-state index in [-0.39, 0.29) is 24.4 Å². The third-order valence-corrected chi connectivity index (χ3v) is 7.08. The molecule has 1 atom stereocenters. The average molecular weight is 494 g/mol. The molecule has 4 rings (SSSR count). The van der Waals surface area contributed by atoms with Gasteiger partial charge < -0.3 is 10.6 Å². The number of anilines is 1. The zero-order valence-corrected chi connectivity index (χ0v) is 20.3. The van der Waals surface area contributed by atoms with Crippen LogP contribution in [0.25, 0.3) is 0 Å². The van der Waals surface area contributed by atoms with Gasteiger partial charge in [-0.15, -0.1) is 11.3 Å². The molecule has 3 aromatic rings. The summed E-state index contributed by atoms with van der Waals surface area (Å²) in [6.45, 7) is 1.57. The van der Waals surface area contributed by atoms with E-state index in [4.69, 9.17) is 0 Å². The maximum atomic E-state index is 13.7. The van der Waals surface area contributed by atoms with Crippen LogP contribution in [0.5, 0.6) is 0 Å². The second kappa shape index (κ2) is 11.3. The van der Waals surface area contributed by atoms with Crippen molar-refractivity contribution in [2.24, 2.45) is 0 Å². The van der Waals surface area contributed by atoms with Gasteiger partial charge in [0.15, 0.2) is 0 Å². The van der Waals surface area contributed by atoms with Gasteiger partial charge in [-0.05, 0) is 66.6 Å². The number of hydrogen-bond donors (Lipinski definition) is 2. The molecule has 0 saturated heterocycles. The molecule has 0 radical (unpaired) electrons. The Morgan fingerprint density at radius 1 is 1.03 bits per heavy atom. The number of benzene rings is 2. The third kappa shape index (κ3) is 5.95. The van der Waals surface area contributed by atoms with Gasteiger partial charge in [0.2, 0.25) is 11.8 Å². The Labute approximate surface area is 208 Å². The van der Waals surface area contributed by atoms with Crippen LogP contribution in [0.1, 0.15) is 52.5 Å². The highest BCUT2D eigenvalue weighted by atomic mass is 32.1. The summed E-state index contributed by atoms with van der Waals surface area (Å²) in [5.41, 5.74) is 1.89. The number of amides is 3. The summed E-state index contributed by atoms with van der Waals surface area (Å²) in [4.78, 5) is 41.6. The van der Waals surface area contributed by atoms with Crippen LogP contribution in [0, 0.1) is 12.7 Å². The van der Waals surface area contributed by atoms with Gasteiger partial charge >= 0.3 is 0 Å². The molecular weight excluding hydrogens is 465 g/mol. The maximum Gasteiger partial charge on any atom is 0.261 e. The standard InChI is InChI=1S/C27H28FN3O3S/c1-18-7-2-5-10-22(18)25(27(34)30-20-8-3-4-9-20)31(21-14-12-19(28)13-15-21)24(32)17-29-26(33)23-11-6-16-35-23/h2,5-7,10-16,20,25H,3-4,8-9,17H2,1H3,(H,29,33)(H,30,34)/t25-/m0/s1. The Morgan fingerprint density at radius 2 is 1.74 bits per heavy atom. The first-order chi connectivity index (χ1) is 16.9. The summed E-state index contributed by atoms with van der Waals surface area (Å²) in [5, 5.41) is 7.55. The second-order valence-corrected chi connectivity index (χ2v) is 9.60. The van der Waals surface area contributed by atoms with Crippen molar-refractivity contribution in [2.75, 3.05) is 11.4 Å². The molecule has 1 heterocycles. The molecule has 182 valence electrons. The lowest BCUT2D eigenvalue weighted by molar-refractivity contribution is -0.126. The topological polar surface area (TPSA) is 78.5 Å². The minimum absolute atomic E-state index is 0.0534. The molecule has 0 spiro atoms. The quantitative estimate of drug-likeness (QED) is 0.475. The van der Waals surface area contributed by atoms with Crippen LogP contribution >= 0.6 is 11.3 Å². The summed E-state index contributed by atoms with van der Waals surface area (Å²) in [6, 6.07) is 15.4. The predicted molar refractivity (Wildman–Crippen MR) is 135 cm³/mol. The molecule has 0 aliphatic heterocycles. The van der Waals surface area contributed by atoms with Crippen molar-refractivity contribution < 1.29 is 18.8 Å². The molecule has 1 aliphatic carbocycles. The summed E-state index contributed by atoms with van der Waals surface area (Å²) in [6.07, 6.45) is 3.89. The highest BCUT2D eigenvalue weighted by Gasteiger charge is 2.35. The average Bonchev–Trinajstić information content (AvgIpc) is 3.57. The molecular formula is C27H28FN3O3S. The van der Waals surface area contributed by atoms with Crippen molar-refractivity contribution in [2.45, 2.75) is 44.7 Å². The number of carbonyl (C=O) groups is 3. The fourth-order valence-electron chi connectivity index (χ4n) is 4.42. The number of hydrogen-bond acceptors (Lipinski definition) is 4. The SMILES string of the molecule is Cc1ccccc1[C@@H](C(=O)NC1CCCC1)N(C(=O)CNC(=O)c1cccs1)c1ccc(F)cc1. The van der Waals surface area contributed by atoms with Gasteiger partial charge in [-0.3, -0.25) is 19.3 Å². The van der Waals surface area contributed by atoms with Crippen LogP contribution < -0.4 is 15.5 Å². The van der Waals surface area contributed by atoms with Gasteiger partial charge in [0.25, 0.3) is 5.91 Å². The molecule has 1 aliphatic rings. The van der Waals surface area contributed by atoms with E-state index in [9.17, 15) is 18.8 Å². The van der Waals surface area contributed by atoms with Gasteiger partial charge in [-0.25, -0.2) is 4.39 Å². The lowest BCUT2D eigenvalue weighted by Crippen LogP contribution is -2.49. The Hall–Kier alpha value is -3.52. The largest absolute Gasteiger partial charge is 0.351 e. The normalized spacial score (nSPS) is 14.3. The molecule has 35 heavy (non-hydrogen) atoms. The van der Waals surface area contributed by atoms with E-state index in [1.807, 2.05) is 31.2 Å². The zero-order chi connectivity index (χ0) is 24.8. The number of halogens is 1. The number of aryl methyl sites for hydroxylation is 1. The van der Waals surface area contributed by atoms with E-state index in [0.717, 1.165) is 31.2 Å². The van der Waals surface area contributed by atoms with Crippen molar-refractivity contribution in [1.82, 2.24) is 10.6 Å². The maximum absolute atomic E-state index is 13.7. The number of nitrogens with zero attached hydrogens (tertiary/aromatic N) is 1. The van der Waals surface area contributed by atoms with Crippen molar-refractivity contribution in [1.29, 1.82) is 0 Å². The number of nitrogens with one attached hydrogen (secondary N) is 2. The van der Waals surface area contributed by atoms with E-state index in [1.165, 1.54) is 40.5 Å². The number of rotatable bonds is 8. The monoisotopic (exact) mass is 493 g/mol. The molecule has 0 unspecified atom stereocenters. The van der Waals surface area contributed by atoms with E-state index in [2.05, 4.69) is 10.6 Å². The first-order valence-electron chi connectivity index (χ1n) is 11.7. The lowest BCUT2D eigenvalue weighted by Gasteiger charge is -2.33. The molecule has 6 nitrogen and oxygen atoms in total. The smallest absolute Gasteiger partial charge is 0.261 e. The zero-order valence-electron chi connectivity index (χ0n) is 19.5. The fourth-order valence-corrected chi connectivity index (χ4v) is 5.06. The minimum Gasteiger partial charge on any atom is -0.351 e. The van der Waals surface area contributed by atoms with Gasteiger partial charge in [-0.1, -0.05) is 43.2 Å². The van der Waals surface area contributed by atoms with Crippen molar-refractivity contribution in [3.05, 3.63) is 87.9 Å². The predicted octanol–water partition coefficient (Wildman–Crippen LogP) is 4.76. The minimum atomic E-state index is -0.978. The van der Waals surface area contributed by atoms with Gasteiger partial charge in [0, 0.05) is 11.7 Å². The van der Waals surface area contributed by atoms with Crippen molar-refractivity contribution in [3.63, 3.8) is 0 Å². The molecule has 1 fully saturated rings. The van der Waals surface area contributed by atoms with E-state index in [0.29, 0.717) is 16.1 Å². The Balaban J connectivity index is 1.69. The molecule has 1 aromatic heterocycles. The van der Waals surface area contributed by atoms with Crippen LogP contribution in [0.4, 0.5) is 10.1 Å². The lowest BCUT2D eigenvalue weighted by atomic mass is 9.97. The van der Waals surface area contributed by atoms with E-state index >= 15 is 0 Å². The van der Waals surface area contributed by atoms with Crippen molar-refractivity contribution >= 4 is 34.7 Å². The highest BCUT2D eigenvalue weighted by Crippen LogP contribution is 2.31. The number of thiophene rings is 1. The van der Waals surface area contributed by atoms with Gasteiger partial charge in [0.1, 0.15) is 11.9 Å². The third-order valence-electron chi connectivity index (χ3n) is 6.21. The molecule has 8 heteroatoms.